The average Bonchev–Trinajstić information content (AvgIpc) is 2.77. The van der Waals surface area contributed by atoms with Gasteiger partial charge in [-0.15, -0.1) is 0 Å². The Balaban J connectivity index is 1.88. The Morgan fingerprint density at radius 2 is 2.18 bits per heavy atom. The zero-order chi connectivity index (χ0) is 12.3. The van der Waals surface area contributed by atoms with E-state index in [0.717, 1.165) is 26.1 Å². The smallest absolute Gasteiger partial charge is 0.320 e. The molecule has 0 bridgehead atoms. The van der Waals surface area contributed by atoms with Gasteiger partial charge in [-0.2, -0.15) is 0 Å². The number of benzene rings is 1. The molecule has 1 heterocycles. The second-order valence-electron chi connectivity index (χ2n) is 4.63. The minimum absolute atomic E-state index is 0.0798. The SMILES string of the molecule is NC(C(=O)O)C1CCN(Cc2ccccc2)C1. The zero-order valence-electron chi connectivity index (χ0n) is 9.75. The first kappa shape index (κ1) is 12.1. The van der Waals surface area contributed by atoms with E-state index in [-0.39, 0.29) is 5.92 Å². The molecule has 1 fully saturated rings. The Morgan fingerprint density at radius 1 is 1.47 bits per heavy atom. The van der Waals surface area contributed by atoms with Gasteiger partial charge in [0.2, 0.25) is 0 Å². The van der Waals surface area contributed by atoms with Crippen molar-refractivity contribution < 1.29 is 9.90 Å². The molecule has 4 nitrogen and oxygen atoms in total. The van der Waals surface area contributed by atoms with E-state index in [0.29, 0.717) is 0 Å². The van der Waals surface area contributed by atoms with Crippen molar-refractivity contribution in [2.75, 3.05) is 13.1 Å². The fourth-order valence-electron chi connectivity index (χ4n) is 2.34. The van der Waals surface area contributed by atoms with Crippen LogP contribution in [0.4, 0.5) is 0 Å². The van der Waals surface area contributed by atoms with Crippen LogP contribution in [-0.2, 0) is 11.3 Å². The first-order chi connectivity index (χ1) is 8.16. The normalized spacial score (nSPS) is 22.5. The molecule has 1 saturated heterocycles. The molecule has 17 heavy (non-hydrogen) atoms. The Kier molecular flexibility index (Phi) is 3.76. The van der Waals surface area contributed by atoms with Gasteiger partial charge >= 0.3 is 5.97 Å². The predicted octanol–water partition coefficient (Wildman–Crippen LogP) is 0.920. The molecule has 0 amide bonds. The lowest BCUT2D eigenvalue weighted by Crippen LogP contribution is -2.39. The zero-order valence-corrected chi connectivity index (χ0v) is 9.75. The standard InChI is InChI=1S/C13H18N2O2/c14-12(13(16)17)11-6-7-15(9-11)8-10-4-2-1-3-5-10/h1-5,11-12H,6-9,14H2,(H,16,17). The molecule has 0 spiro atoms. The van der Waals surface area contributed by atoms with Crippen molar-refractivity contribution in [3.05, 3.63) is 35.9 Å². The van der Waals surface area contributed by atoms with Gasteiger partial charge < -0.3 is 10.8 Å². The molecule has 0 aliphatic carbocycles. The summed E-state index contributed by atoms with van der Waals surface area (Å²) in [7, 11) is 0. The van der Waals surface area contributed by atoms with Gasteiger partial charge in [-0.05, 0) is 24.4 Å². The predicted molar refractivity (Wildman–Crippen MR) is 65.4 cm³/mol. The van der Waals surface area contributed by atoms with Gasteiger partial charge in [0.25, 0.3) is 0 Å². The lowest BCUT2D eigenvalue weighted by Gasteiger charge is -2.17. The van der Waals surface area contributed by atoms with Gasteiger partial charge in [0.1, 0.15) is 6.04 Å². The summed E-state index contributed by atoms with van der Waals surface area (Å²) in [4.78, 5) is 13.1. The van der Waals surface area contributed by atoms with E-state index in [2.05, 4.69) is 17.0 Å². The summed E-state index contributed by atoms with van der Waals surface area (Å²) in [5, 5.41) is 8.87. The average molecular weight is 234 g/mol. The third-order valence-electron chi connectivity index (χ3n) is 3.35. The quantitative estimate of drug-likeness (QED) is 0.813. The second-order valence-corrected chi connectivity index (χ2v) is 4.63. The van der Waals surface area contributed by atoms with Crippen LogP contribution in [0.25, 0.3) is 0 Å². The number of hydrogen-bond donors (Lipinski definition) is 2. The Bertz CT molecular complexity index is 380. The minimum Gasteiger partial charge on any atom is -0.480 e. The van der Waals surface area contributed by atoms with Crippen LogP contribution in [-0.4, -0.2) is 35.1 Å². The van der Waals surface area contributed by atoms with Crippen LogP contribution in [0.5, 0.6) is 0 Å². The molecule has 0 aromatic heterocycles. The molecular weight excluding hydrogens is 216 g/mol. The van der Waals surface area contributed by atoms with Crippen molar-refractivity contribution >= 4 is 5.97 Å². The summed E-state index contributed by atoms with van der Waals surface area (Å²) in [5.41, 5.74) is 6.91. The van der Waals surface area contributed by atoms with E-state index in [1.807, 2.05) is 18.2 Å². The van der Waals surface area contributed by atoms with Gasteiger partial charge in [-0.3, -0.25) is 9.69 Å². The number of aliphatic carboxylic acids is 1. The number of hydrogen-bond acceptors (Lipinski definition) is 3. The molecule has 1 aromatic carbocycles. The number of nitrogens with zero attached hydrogens (tertiary/aromatic N) is 1. The number of carboxylic acids is 1. The van der Waals surface area contributed by atoms with Crippen LogP contribution in [0.3, 0.4) is 0 Å². The number of carbonyl (C=O) groups is 1. The van der Waals surface area contributed by atoms with Crippen molar-refractivity contribution in [1.82, 2.24) is 4.90 Å². The molecule has 3 N–H and O–H groups in total. The lowest BCUT2D eigenvalue weighted by atomic mass is 10.0. The maximum atomic E-state index is 10.8. The molecule has 92 valence electrons. The van der Waals surface area contributed by atoms with Gasteiger partial charge in [-0.25, -0.2) is 0 Å². The van der Waals surface area contributed by atoms with Crippen LogP contribution in [0.2, 0.25) is 0 Å². The lowest BCUT2D eigenvalue weighted by molar-refractivity contribution is -0.139. The fraction of sp³-hybridized carbons (Fsp3) is 0.462. The minimum atomic E-state index is -0.892. The summed E-state index contributed by atoms with van der Waals surface area (Å²) in [5.74, 6) is -0.812. The first-order valence-electron chi connectivity index (χ1n) is 5.91. The Morgan fingerprint density at radius 3 is 2.82 bits per heavy atom. The maximum absolute atomic E-state index is 10.8. The van der Waals surface area contributed by atoms with Crippen molar-refractivity contribution in [1.29, 1.82) is 0 Å². The van der Waals surface area contributed by atoms with E-state index in [9.17, 15) is 4.79 Å². The van der Waals surface area contributed by atoms with Crippen molar-refractivity contribution in [3.63, 3.8) is 0 Å². The van der Waals surface area contributed by atoms with E-state index < -0.39 is 12.0 Å². The third kappa shape index (κ3) is 3.05. The molecule has 0 radical (unpaired) electrons. The van der Waals surface area contributed by atoms with E-state index in [4.69, 9.17) is 10.8 Å². The molecule has 1 aliphatic rings. The van der Waals surface area contributed by atoms with Gasteiger partial charge in [0, 0.05) is 13.1 Å². The van der Waals surface area contributed by atoms with Gasteiger partial charge in [0.15, 0.2) is 0 Å². The molecule has 4 heteroatoms. The molecule has 2 rings (SSSR count). The topological polar surface area (TPSA) is 66.6 Å². The molecule has 1 aliphatic heterocycles. The highest BCUT2D eigenvalue weighted by Gasteiger charge is 2.31. The number of likely N-dealkylation sites (tertiary alicyclic amines) is 1. The Labute approximate surface area is 101 Å². The van der Waals surface area contributed by atoms with Crippen LogP contribution < -0.4 is 5.73 Å². The van der Waals surface area contributed by atoms with Crippen LogP contribution >= 0.6 is 0 Å². The van der Waals surface area contributed by atoms with Crippen molar-refractivity contribution in [2.24, 2.45) is 11.7 Å². The van der Waals surface area contributed by atoms with Gasteiger partial charge in [0.05, 0.1) is 0 Å². The summed E-state index contributed by atoms with van der Waals surface area (Å²) >= 11 is 0. The molecule has 0 saturated carbocycles. The summed E-state index contributed by atoms with van der Waals surface area (Å²) < 4.78 is 0. The fourth-order valence-corrected chi connectivity index (χ4v) is 2.34. The largest absolute Gasteiger partial charge is 0.480 e. The number of rotatable bonds is 4. The first-order valence-corrected chi connectivity index (χ1v) is 5.91. The summed E-state index contributed by atoms with van der Waals surface area (Å²) in [6, 6.07) is 9.49. The monoisotopic (exact) mass is 234 g/mol. The third-order valence-corrected chi connectivity index (χ3v) is 3.35. The van der Waals surface area contributed by atoms with Crippen molar-refractivity contribution in [3.8, 4) is 0 Å². The molecule has 1 aromatic rings. The summed E-state index contributed by atoms with van der Waals surface area (Å²) in [6.45, 7) is 2.59. The molecule has 2 atom stereocenters. The summed E-state index contributed by atoms with van der Waals surface area (Å²) in [6.07, 6.45) is 0.875. The Hall–Kier alpha value is -1.39. The maximum Gasteiger partial charge on any atom is 0.320 e. The van der Waals surface area contributed by atoms with E-state index in [1.54, 1.807) is 0 Å². The van der Waals surface area contributed by atoms with Crippen molar-refractivity contribution in [2.45, 2.75) is 19.0 Å². The molecule has 2 unspecified atom stereocenters. The molecular formula is C13H18N2O2. The van der Waals surface area contributed by atoms with E-state index >= 15 is 0 Å². The van der Waals surface area contributed by atoms with Gasteiger partial charge in [-0.1, -0.05) is 30.3 Å². The second kappa shape index (κ2) is 5.29. The number of carboxylic acid groups (broad SMARTS) is 1. The number of nitrogens with two attached hydrogens (primary N) is 1. The van der Waals surface area contributed by atoms with E-state index in [1.165, 1.54) is 5.56 Å². The van der Waals surface area contributed by atoms with Crippen LogP contribution in [0.1, 0.15) is 12.0 Å². The highest BCUT2D eigenvalue weighted by atomic mass is 16.4. The highest BCUT2D eigenvalue weighted by Crippen LogP contribution is 2.20. The van der Waals surface area contributed by atoms with Crippen LogP contribution in [0, 0.1) is 5.92 Å². The van der Waals surface area contributed by atoms with Crippen LogP contribution in [0.15, 0.2) is 30.3 Å². The highest BCUT2D eigenvalue weighted by molar-refractivity contribution is 5.73.